The van der Waals surface area contributed by atoms with Crippen molar-refractivity contribution in [1.82, 2.24) is 19.9 Å². The van der Waals surface area contributed by atoms with Crippen molar-refractivity contribution in [2.45, 2.75) is 113 Å². The summed E-state index contributed by atoms with van der Waals surface area (Å²) < 4.78 is 12.6. The fourth-order valence-corrected chi connectivity index (χ4v) is 3.98. The van der Waals surface area contributed by atoms with E-state index in [-0.39, 0.29) is 24.9 Å². The third-order valence-corrected chi connectivity index (χ3v) is 5.78. The van der Waals surface area contributed by atoms with Crippen molar-refractivity contribution in [3.63, 3.8) is 0 Å². The molecule has 0 unspecified atom stereocenters. The van der Waals surface area contributed by atoms with Gasteiger partial charge < -0.3 is 29.8 Å². The number of benzene rings is 1. The molecule has 42 heavy (non-hydrogen) atoms. The Morgan fingerprint density at radius 1 is 0.976 bits per heavy atom. The number of pyridine rings is 1. The van der Waals surface area contributed by atoms with Gasteiger partial charge >= 0.3 is 0 Å². The minimum atomic E-state index is -1.14. The van der Waals surface area contributed by atoms with Gasteiger partial charge in [0, 0.05) is 32.1 Å². The molecule has 3 aromatic rings. The van der Waals surface area contributed by atoms with Crippen molar-refractivity contribution in [3.05, 3.63) is 30.1 Å². The van der Waals surface area contributed by atoms with E-state index in [0.29, 0.717) is 23.5 Å². The summed E-state index contributed by atoms with van der Waals surface area (Å²) >= 11 is 0. The van der Waals surface area contributed by atoms with Crippen molar-refractivity contribution in [1.29, 1.82) is 0 Å². The minimum absolute atomic E-state index is 0.250. The average molecular weight is 588 g/mol. The topological polar surface area (TPSA) is 128 Å². The van der Waals surface area contributed by atoms with E-state index in [1.165, 1.54) is 26.2 Å². The molecule has 0 aliphatic rings. The van der Waals surface area contributed by atoms with Gasteiger partial charge in [0.1, 0.15) is 23.5 Å². The monoisotopic (exact) mass is 587 g/mol. The van der Waals surface area contributed by atoms with Gasteiger partial charge in [-0.2, -0.15) is 0 Å². The number of carbonyl (C=O) groups is 2. The minimum Gasteiger partial charge on any atom is -0.389 e. The number of hydrogen-bond acceptors (Lipinski definition) is 7. The highest BCUT2D eigenvalue weighted by Crippen LogP contribution is 2.32. The Hall–Kier alpha value is -3.08. The molecule has 236 valence electrons. The van der Waals surface area contributed by atoms with Crippen LogP contribution in [0.2, 0.25) is 0 Å². The van der Waals surface area contributed by atoms with Crippen molar-refractivity contribution < 1.29 is 24.2 Å². The number of nitrogens with zero attached hydrogens (tertiary/aromatic N) is 3. The molecule has 0 saturated carbocycles. The van der Waals surface area contributed by atoms with Crippen LogP contribution in [0.25, 0.3) is 21.9 Å². The predicted molar refractivity (Wildman–Crippen MR) is 171 cm³/mol. The normalized spacial score (nSPS) is 11.4. The smallest absolute Gasteiger partial charge is 0.250 e. The van der Waals surface area contributed by atoms with Crippen molar-refractivity contribution in [2.24, 2.45) is 0 Å². The summed E-state index contributed by atoms with van der Waals surface area (Å²) in [6.45, 7) is 21.2. The lowest BCUT2D eigenvalue weighted by Crippen LogP contribution is -2.51. The van der Waals surface area contributed by atoms with Gasteiger partial charge in [0.2, 0.25) is 5.91 Å². The van der Waals surface area contributed by atoms with Crippen LogP contribution in [-0.2, 0) is 32.2 Å². The first-order chi connectivity index (χ1) is 19.8. The molecule has 0 aliphatic carbocycles. The average Bonchev–Trinajstić information content (AvgIpc) is 3.25. The van der Waals surface area contributed by atoms with Crippen LogP contribution in [0.4, 0.5) is 5.82 Å². The van der Waals surface area contributed by atoms with Crippen LogP contribution in [0, 0.1) is 0 Å². The maximum Gasteiger partial charge on any atom is 0.250 e. The number of rotatable bonds is 12. The summed E-state index contributed by atoms with van der Waals surface area (Å²) in [6, 6.07) is 7.56. The Kier molecular flexibility index (Phi) is 15.6. The number of aromatic nitrogens is 3. The number of anilines is 1. The van der Waals surface area contributed by atoms with Gasteiger partial charge in [-0.05, 0) is 54.0 Å². The van der Waals surface area contributed by atoms with E-state index < -0.39 is 17.0 Å². The quantitative estimate of drug-likeness (QED) is 0.222. The first-order valence-corrected chi connectivity index (χ1v) is 15.0. The van der Waals surface area contributed by atoms with E-state index in [9.17, 15) is 14.7 Å². The molecule has 0 saturated heterocycles. The van der Waals surface area contributed by atoms with Crippen molar-refractivity contribution in [3.8, 4) is 0 Å². The van der Waals surface area contributed by atoms with Crippen LogP contribution in [0.15, 0.2) is 24.3 Å². The predicted octanol–water partition coefficient (Wildman–Crippen LogP) is 5.98. The van der Waals surface area contributed by atoms with Gasteiger partial charge in [0.15, 0.2) is 5.82 Å². The number of nitrogens with one attached hydrogen (secondary N) is 2. The molecule has 2 amide bonds. The van der Waals surface area contributed by atoms with Crippen molar-refractivity contribution >= 4 is 39.6 Å². The van der Waals surface area contributed by atoms with Crippen LogP contribution in [0.3, 0.4) is 0 Å². The Balaban J connectivity index is 0.000000761. The zero-order valence-corrected chi connectivity index (χ0v) is 27.4. The SMILES string of the molecule is CCC.CCCCOCC.CCOCc1nc2c(NC(=O)C(C)(C)NC(C)=O)nc3ccccc3c2n1CC(C)(C)O. The molecular weight excluding hydrogens is 534 g/mol. The molecule has 0 fully saturated rings. The van der Waals surface area contributed by atoms with E-state index in [1.807, 2.05) is 42.7 Å². The Labute approximate surface area is 251 Å². The lowest BCUT2D eigenvalue weighted by atomic mass is 10.0. The fourth-order valence-electron chi connectivity index (χ4n) is 3.98. The van der Waals surface area contributed by atoms with E-state index in [2.05, 4.69) is 36.4 Å². The molecule has 0 radical (unpaired) electrons. The van der Waals surface area contributed by atoms with Crippen LogP contribution >= 0.6 is 0 Å². The summed E-state index contributed by atoms with van der Waals surface area (Å²) in [4.78, 5) is 33.9. The maximum atomic E-state index is 13.0. The van der Waals surface area contributed by atoms with Crippen LogP contribution in [0.1, 0.15) is 94.3 Å². The number of amides is 2. The molecular formula is C32H53N5O5. The highest BCUT2D eigenvalue weighted by atomic mass is 16.5. The highest BCUT2D eigenvalue weighted by molar-refractivity contribution is 6.11. The Morgan fingerprint density at radius 2 is 1.60 bits per heavy atom. The largest absolute Gasteiger partial charge is 0.389 e. The number of imidazole rings is 1. The molecule has 0 aliphatic heterocycles. The van der Waals surface area contributed by atoms with Gasteiger partial charge in [0.25, 0.3) is 5.91 Å². The van der Waals surface area contributed by atoms with E-state index in [1.54, 1.807) is 27.7 Å². The second-order valence-electron chi connectivity index (χ2n) is 11.3. The zero-order valence-electron chi connectivity index (χ0n) is 27.4. The summed E-state index contributed by atoms with van der Waals surface area (Å²) in [5, 5.41) is 16.9. The second kappa shape index (κ2) is 17.8. The summed E-state index contributed by atoms with van der Waals surface area (Å²) in [5.41, 5.74) is -0.229. The maximum absolute atomic E-state index is 13.0. The number of para-hydroxylation sites is 1. The molecule has 2 aromatic heterocycles. The lowest BCUT2D eigenvalue weighted by Gasteiger charge is -2.24. The standard InChI is InChI=1S/C23H31N5O4.C6H14O.C3H8/c1-7-32-12-17-25-18-19(28(17)13-22(3,4)31)15-10-8-9-11-16(15)24-20(18)26-21(30)23(5,6)27-14(2)29;1-3-5-6-7-4-2;1-3-2/h8-11,31H,7,12-13H2,1-6H3,(H,27,29)(H,24,26,30);3-6H2,1-2H3;3H2,1-2H3. The molecule has 0 spiro atoms. The first-order valence-electron chi connectivity index (χ1n) is 15.0. The fraction of sp³-hybridized carbons (Fsp3) is 0.625. The first kappa shape index (κ1) is 36.9. The summed E-state index contributed by atoms with van der Waals surface area (Å²) in [6.07, 6.45) is 3.69. The van der Waals surface area contributed by atoms with E-state index in [0.717, 1.165) is 24.1 Å². The number of hydrogen-bond donors (Lipinski definition) is 3. The van der Waals surface area contributed by atoms with Crippen LogP contribution in [-0.4, -0.2) is 62.4 Å². The molecule has 2 heterocycles. The van der Waals surface area contributed by atoms with Gasteiger partial charge in [0.05, 0.1) is 23.2 Å². The molecule has 0 bridgehead atoms. The number of ether oxygens (including phenoxy) is 2. The molecule has 3 N–H and O–H groups in total. The number of carbonyl (C=O) groups excluding carboxylic acids is 2. The van der Waals surface area contributed by atoms with Crippen LogP contribution in [0.5, 0.6) is 0 Å². The third kappa shape index (κ3) is 11.7. The summed E-state index contributed by atoms with van der Waals surface area (Å²) in [5.74, 6) is 0.184. The Bertz CT molecular complexity index is 1260. The Morgan fingerprint density at radius 3 is 2.14 bits per heavy atom. The third-order valence-electron chi connectivity index (χ3n) is 5.78. The molecule has 3 rings (SSSR count). The summed E-state index contributed by atoms with van der Waals surface area (Å²) in [7, 11) is 0. The van der Waals surface area contributed by atoms with E-state index >= 15 is 0 Å². The van der Waals surface area contributed by atoms with Gasteiger partial charge in [-0.3, -0.25) is 9.59 Å². The van der Waals surface area contributed by atoms with Gasteiger partial charge in [-0.1, -0.05) is 51.8 Å². The van der Waals surface area contributed by atoms with Gasteiger partial charge in [-0.15, -0.1) is 0 Å². The van der Waals surface area contributed by atoms with Gasteiger partial charge in [-0.25, -0.2) is 9.97 Å². The molecule has 10 heteroatoms. The molecule has 0 atom stereocenters. The van der Waals surface area contributed by atoms with Crippen LogP contribution < -0.4 is 10.6 Å². The number of unbranched alkanes of at least 4 members (excludes halogenated alkanes) is 1. The molecule has 10 nitrogen and oxygen atoms in total. The van der Waals surface area contributed by atoms with E-state index in [4.69, 9.17) is 14.5 Å². The number of fused-ring (bicyclic) bond motifs is 3. The lowest BCUT2D eigenvalue weighted by molar-refractivity contribution is -0.128. The highest BCUT2D eigenvalue weighted by Gasteiger charge is 2.30. The van der Waals surface area contributed by atoms with Crippen molar-refractivity contribution in [2.75, 3.05) is 25.1 Å². The molecule has 1 aromatic carbocycles. The zero-order chi connectivity index (χ0) is 31.9. The second-order valence-corrected chi connectivity index (χ2v) is 11.3. The number of aliphatic hydroxyl groups is 1.